The molecule has 0 aliphatic carbocycles. The van der Waals surface area contributed by atoms with Gasteiger partial charge in [-0.2, -0.15) is 0 Å². The molecule has 1 aliphatic rings. The molecule has 0 radical (unpaired) electrons. The van der Waals surface area contributed by atoms with E-state index in [0.29, 0.717) is 19.0 Å². The van der Waals surface area contributed by atoms with Crippen LogP contribution in [0.3, 0.4) is 0 Å². The average Bonchev–Trinajstić information content (AvgIpc) is 2.42. The van der Waals surface area contributed by atoms with E-state index in [0.717, 1.165) is 25.9 Å². The highest BCUT2D eigenvalue weighted by atomic mass is 16.4. The van der Waals surface area contributed by atoms with Crippen LogP contribution >= 0.6 is 0 Å². The third-order valence-corrected chi connectivity index (χ3v) is 4.12. The third kappa shape index (κ3) is 5.53. The van der Waals surface area contributed by atoms with Crippen LogP contribution in [0.2, 0.25) is 0 Å². The molecule has 1 rings (SSSR count). The van der Waals surface area contributed by atoms with Gasteiger partial charge >= 0.3 is 12.0 Å². The zero-order valence-electron chi connectivity index (χ0n) is 13.7. The Bertz CT molecular complexity index is 350. The number of carbonyl (C=O) groups excluding carboxylic acids is 1. The number of carboxylic acid groups (broad SMARTS) is 1. The number of amides is 2. The number of rotatable bonds is 6. The van der Waals surface area contributed by atoms with Crippen molar-refractivity contribution in [1.82, 2.24) is 14.7 Å². The highest BCUT2D eigenvalue weighted by Gasteiger charge is 2.28. The molecule has 6 heteroatoms. The largest absolute Gasteiger partial charge is 0.481 e. The summed E-state index contributed by atoms with van der Waals surface area (Å²) in [5, 5.41) is 8.71. The van der Waals surface area contributed by atoms with E-state index in [-0.39, 0.29) is 18.5 Å². The average molecular weight is 299 g/mol. The van der Waals surface area contributed by atoms with Crippen LogP contribution in [0.5, 0.6) is 0 Å². The summed E-state index contributed by atoms with van der Waals surface area (Å²) >= 11 is 0. The van der Waals surface area contributed by atoms with Crippen molar-refractivity contribution in [3.8, 4) is 0 Å². The van der Waals surface area contributed by atoms with Crippen molar-refractivity contribution in [2.45, 2.75) is 51.6 Å². The Hall–Kier alpha value is -1.30. The molecular weight excluding hydrogens is 270 g/mol. The molecule has 0 bridgehead atoms. The lowest BCUT2D eigenvalue weighted by Gasteiger charge is -2.39. The number of likely N-dealkylation sites (tertiary alicyclic amines) is 1. The van der Waals surface area contributed by atoms with Gasteiger partial charge in [0.1, 0.15) is 0 Å². The van der Waals surface area contributed by atoms with E-state index in [1.165, 1.54) is 0 Å². The van der Waals surface area contributed by atoms with E-state index in [1.54, 1.807) is 4.90 Å². The van der Waals surface area contributed by atoms with Crippen molar-refractivity contribution in [2.24, 2.45) is 0 Å². The number of hydrogen-bond acceptors (Lipinski definition) is 3. The molecule has 1 heterocycles. The van der Waals surface area contributed by atoms with E-state index < -0.39 is 5.97 Å². The van der Waals surface area contributed by atoms with Gasteiger partial charge in [0.25, 0.3) is 0 Å². The fourth-order valence-corrected chi connectivity index (χ4v) is 2.73. The standard InChI is InChI=1S/C15H29N3O3/c1-12(2)18(9-5-6-14(19)20)15(21)17-10-7-13(8-11-17)16(3)4/h12-13H,5-11H2,1-4H3,(H,19,20). The number of carboxylic acids is 1. The Morgan fingerprint density at radius 3 is 2.24 bits per heavy atom. The van der Waals surface area contributed by atoms with Crippen molar-refractivity contribution >= 4 is 12.0 Å². The van der Waals surface area contributed by atoms with Crippen molar-refractivity contribution < 1.29 is 14.7 Å². The molecule has 122 valence electrons. The number of carbonyl (C=O) groups is 2. The maximum absolute atomic E-state index is 12.6. The first-order valence-corrected chi connectivity index (χ1v) is 7.76. The van der Waals surface area contributed by atoms with E-state index >= 15 is 0 Å². The maximum Gasteiger partial charge on any atom is 0.320 e. The molecule has 0 aromatic heterocycles. The molecule has 21 heavy (non-hydrogen) atoms. The molecule has 1 fully saturated rings. The van der Waals surface area contributed by atoms with Gasteiger partial charge in [0.05, 0.1) is 0 Å². The molecule has 0 saturated carbocycles. The molecule has 1 N–H and O–H groups in total. The Balaban J connectivity index is 2.51. The number of hydrogen-bond donors (Lipinski definition) is 1. The number of aliphatic carboxylic acids is 1. The summed E-state index contributed by atoms with van der Waals surface area (Å²) < 4.78 is 0. The predicted molar refractivity (Wildman–Crippen MR) is 82.4 cm³/mol. The lowest BCUT2D eigenvalue weighted by molar-refractivity contribution is -0.137. The lowest BCUT2D eigenvalue weighted by atomic mass is 10.0. The van der Waals surface area contributed by atoms with E-state index in [1.807, 2.05) is 18.7 Å². The molecular formula is C15H29N3O3. The molecule has 0 aromatic rings. The first-order valence-electron chi connectivity index (χ1n) is 7.76. The summed E-state index contributed by atoms with van der Waals surface area (Å²) in [6.45, 7) is 6.03. The van der Waals surface area contributed by atoms with Gasteiger partial charge < -0.3 is 19.8 Å². The SMILES string of the molecule is CC(C)N(CCCC(=O)O)C(=O)N1CCC(N(C)C)CC1. The van der Waals surface area contributed by atoms with E-state index in [2.05, 4.69) is 19.0 Å². The summed E-state index contributed by atoms with van der Waals surface area (Å²) in [5.74, 6) is -0.807. The van der Waals surface area contributed by atoms with E-state index in [4.69, 9.17) is 5.11 Å². The fourth-order valence-electron chi connectivity index (χ4n) is 2.73. The number of urea groups is 1. The Labute approximate surface area is 127 Å². The topological polar surface area (TPSA) is 64.1 Å². The molecule has 0 aromatic carbocycles. The summed E-state index contributed by atoms with van der Waals surface area (Å²) in [6, 6.07) is 0.694. The van der Waals surface area contributed by atoms with Crippen molar-refractivity contribution in [1.29, 1.82) is 0 Å². The highest BCUT2D eigenvalue weighted by Crippen LogP contribution is 2.17. The first-order chi connectivity index (χ1) is 9.82. The lowest BCUT2D eigenvalue weighted by Crippen LogP contribution is -2.51. The predicted octanol–water partition coefficient (Wildman–Crippen LogP) is 1.71. The van der Waals surface area contributed by atoms with Crippen LogP contribution in [-0.4, -0.2) is 77.6 Å². The first kappa shape index (κ1) is 17.8. The van der Waals surface area contributed by atoms with Gasteiger partial charge in [0, 0.05) is 38.1 Å². The molecule has 2 amide bonds. The normalized spacial score (nSPS) is 16.6. The second kappa shape index (κ2) is 8.22. The molecule has 0 unspecified atom stereocenters. The van der Waals surface area contributed by atoms with Gasteiger partial charge in [0.2, 0.25) is 0 Å². The second-order valence-electron chi connectivity index (χ2n) is 6.25. The second-order valence-corrected chi connectivity index (χ2v) is 6.25. The summed E-state index contributed by atoms with van der Waals surface area (Å²) in [5.41, 5.74) is 0. The van der Waals surface area contributed by atoms with Crippen LogP contribution in [0.25, 0.3) is 0 Å². The highest BCUT2D eigenvalue weighted by molar-refractivity contribution is 5.75. The molecule has 0 spiro atoms. The minimum atomic E-state index is -0.807. The third-order valence-electron chi connectivity index (χ3n) is 4.12. The quantitative estimate of drug-likeness (QED) is 0.811. The number of nitrogens with zero attached hydrogens (tertiary/aromatic N) is 3. The summed E-state index contributed by atoms with van der Waals surface area (Å²) in [6.07, 6.45) is 2.62. The molecule has 0 atom stereocenters. The van der Waals surface area contributed by atoms with Crippen LogP contribution < -0.4 is 0 Å². The van der Waals surface area contributed by atoms with Gasteiger partial charge in [-0.15, -0.1) is 0 Å². The smallest absolute Gasteiger partial charge is 0.320 e. The van der Waals surface area contributed by atoms with Gasteiger partial charge in [-0.05, 0) is 47.2 Å². The van der Waals surface area contributed by atoms with Crippen LogP contribution in [-0.2, 0) is 4.79 Å². The van der Waals surface area contributed by atoms with Gasteiger partial charge in [0.15, 0.2) is 0 Å². The fraction of sp³-hybridized carbons (Fsp3) is 0.867. The van der Waals surface area contributed by atoms with Crippen molar-refractivity contribution in [3.63, 3.8) is 0 Å². The zero-order valence-corrected chi connectivity index (χ0v) is 13.7. The van der Waals surface area contributed by atoms with Crippen molar-refractivity contribution in [3.05, 3.63) is 0 Å². The van der Waals surface area contributed by atoms with E-state index in [9.17, 15) is 9.59 Å². The minimum Gasteiger partial charge on any atom is -0.481 e. The van der Waals surface area contributed by atoms with Gasteiger partial charge in [-0.25, -0.2) is 4.79 Å². The Morgan fingerprint density at radius 1 is 1.24 bits per heavy atom. The number of piperidine rings is 1. The van der Waals surface area contributed by atoms with Crippen LogP contribution in [0.4, 0.5) is 4.79 Å². The van der Waals surface area contributed by atoms with Crippen LogP contribution in [0.15, 0.2) is 0 Å². The van der Waals surface area contributed by atoms with Gasteiger partial charge in [-0.1, -0.05) is 0 Å². The Morgan fingerprint density at radius 2 is 1.81 bits per heavy atom. The molecule has 1 saturated heterocycles. The van der Waals surface area contributed by atoms with Crippen LogP contribution in [0.1, 0.15) is 39.5 Å². The summed E-state index contributed by atoms with van der Waals surface area (Å²) in [7, 11) is 4.16. The Kier molecular flexibility index (Phi) is 6.95. The minimum absolute atomic E-state index is 0.0487. The molecule has 1 aliphatic heterocycles. The van der Waals surface area contributed by atoms with Crippen LogP contribution in [0, 0.1) is 0 Å². The molecule has 6 nitrogen and oxygen atoms in total. The van der Waals surface area contributed by atoms with Gasteiger partial charge in [-0.3, -0.25) is 4.79 Å². The van der Waals surface area contributed by atoms with Crippen molar-refractivity contribution in [2.75, 3.05) is 33.7 Å². The zero-order chi connectivity index (χ0) is 16.0. The maximum atomic E-state index is 12.6. The monoisotopic (exact) mass is 299 g/mol. The summed E-state index contributed by atoms with van der Waals surface area (Å²) in [4.78, 5) is 29.1.